The summed E-state index contributed by atoms with van der Waals surface area (Å²) < 4.78 is 154. The number of halogens is 2. The fourth-order valence-electron chi connectivity index (χ4n) is 6.36. The number of carboxylic acids is 1. The lowest BCUT2D eigenvalue weighted by atomic mass is 10.1. The molecule has 0 bridgehead atoms. The summed E-state index contributed by atoms with van der Waals surface area (Å²) >= 11 is 13.4. The van der Waals surface area contributed by atoms with Gasteiger partial charge in [-0.1, -0.05) is 35.3 Å². The van der Waals surface area contributed by atoms with E-state index in [1.807, 2.05) is 0 Å². The predicted octanol–water partition coefficient (Wildman–Crippen LogP) is 8.63. The Morgan fingerprint density at radius 2 is 0.974 bits per heavy atom. The molecule has 5 aromatic carbocycles. The molecule has 6 rings (SSSR count). The van der Waals surface area contributed by atoms with E-state index in [1.165, 1.54) is 74.9 Å². The Hall–Kier alpha value is -7.40. The number of aromatic carboxylic acids is 1. The summed E-state index contributed by atoms with van der Waals surface area (Å²) in [5.41, 5.74) is 0.379. The van der Waals surface area contributed by atoms with Crippen LogP contribution in [0.3, 0.4) is 0 Å². The molecule has 1 heterocycles. The number of nitrogens with one attached hydrogen (secondary N) is 3. The van der Waals surface area contributed by atoms with Crippen LogP contribution in [-0.4, -0.2) is 117 Å². The zero-order valence-corrected chi connectivity index (χ0v) is 44.4. The van der Waals surface area contributed by atoms with Crippen molar-refractivity contribution in [2.75, 3.05) is 54.9 Å². The molecule has 1 aromatic heterocycles. The van der Waals surface area contributed by atoms with E-state index >= 15 is 0 Å². The molecule has 34 heteroatoms. The number of methoxy groups -OCH3 is 2. The van der Waals surface area contributed by atoms with Crippen molar-refractivity contribution in [3.8, 4) is 23.0 Å². The van der Waals surface area contributed by atoms with Crippen molar-refractivity contribution in [1.29, 1.82) is 0 Å². The minimum atomic E-state index is -4.76. The molecule has 0 atom stereocenters. The molecule has 0 saturated carbocycles. The highest BCUT2D eigenvalue weighted by molar-refractivity contribution is 7.86. The van der Waals surface area contributed by atoms with E-state index < -0.39 is 67.7 Å². The van der Waals surface area contributed by atoms with Crippen LogP contribution in [0, 0.1) is 0 Å². The number of carbonyl (C=O) groups is 1. The summed E-state index contributed by atoms with van der Waals surface area (Å²) in [5, 5.41) is 34.3. The first-order chi connectivity index (χ1) is 36.2. The molecule has 77 heavy (non-hydrogen) atoms. The topological polar surface area (TPSA) is 416 Å². The summed E-state index contributed by atoms with van der Waals surface area (Å²) in [6.45, 7) is -0.602. The van der Waals surface area contributed by atoms with Crippen molar-refractivity contribution in [3.63, 3.8) is 0 Å². The number of ether oxygens (including phenoxy) is 4. The van der Waals surface area contributed by atoms with Crippen LogP contribution in [0.1, 0.15) is 28.8 Å². The largest absolute Gasteiger partial charge is 0.495 e. The van der Waals surface area contributed by atoms with Crippen LogP contribution in [-0.2, 0) is 47.0 Å². The van der Waals surface area contributed by atoms with Gasteiger partial charge >= 0.3 is 5.97 Å². The Bertz CT molecular complexity index is 3500. The van der Waals surface area contributed by atoms with E-state index in [4.69, 9.17) is 42.1 Å². The van der Waals surface area contributed by atoms with Gasteiger partial charge in [0.2, 0.25) is 17.8 Å². The minimum Gasteiger partial charge on any atom is -0.495 e. The number of benzene rings is 5. The van der Waals surface area contributed by atoms with Gasteiger partial charge in [-0.15, -0.1) is 10.2 Å². The lowest BCUT2D eigenvalue weighted by Crippen LogP contribution is -2.12. The predicted molar refractivity (Wildman–Crippen MR) is 277 cm³/mol. The summed E-state index contributed by atoms with van der Waals surface area (Å²) in [5.74, 6) is -3.63. The Morgan fingerprint density at radius 1 is 0.558 bits per heavy atom. The van der Waals surface area contributed by atoms with Gasteiger partial charge in [-0.05, 0) is 79.1 Å². The van der Waals surface area contributed by atoms with Gasteiger partial charge in [0.1, 0.15) is 44.2 Å². The quantitative estimate of drug-likeness (QED) is 0.0143. The number of rotatable bonds is 26. The second-order valence-electron chi connectivity index (χ2n) is 15.5. The zero-order chi connectivity index (χ0) is 56.3. The van der Waals surface area contributed by atoms with E-state index in [1.54, 1.807) is 12.1 Å². The number of aromatic nitrogens is 3. The monoisotopic (exact) mass is 1180 g/mol. The maximum Gasteiger partial charge on any atom is 0.335 e. The molecule has 410 valence electrons. The first-order valence-electron chi connectivity index (χ1n) is 21.5. The minimum absolute atomic E-state index is 0.0178. The summed E-state index contributed by atoms with van der Waals surface area (Å²) in [4.78, 5) is 23.7. The van der Waals surface area contributed by atoms with Crippen molar-refractivity contribution in [2.45, 2.75) is 29.2 Å². The lowest BCUT2D eigenvalue weighted by molar-refractivity contribution is 0.0696. The second kappa shape index (κ2) is 25.2. The van der Waals surface area contributed by atoms with Gasteiger partial charge in [-0.3, -0.25) is 18.2 Å². The average Bonchev–Trinajstić information content (AvgIpc) is 3.35. The fourth-order valence-corrected chi connectivity index (χ4v) is 9.07. The Balaban J connectivity index is 1.41. The molecule has 0 amide bonds. The number of hydrogen-bond donors (Lipinski definition) is 8. The molecular formula is C43H42Cl2N10O18S4. The Morgan fingerprint density at radius 3 is 1.35 bits per heavy atom. The van der Waals surface area contributed by atoms with Gasteiger partial charge in [-0.2, -0.15) is 58.9 Å². The molecular weight excluding hydrogens is 1140 g/mol. The second-order valence-corrected chi connectivity index (χ2v) is 22.2. The molecule has 0 aliphatic carbocycles. The van der Waals surface area contributed by atoms with E-state index in [9.17, 15) is 61.8 Å². The smallest absolute Gasteiger partial charge is 0.335 e. The zero-order valence-electron chi connectivity index (χ0n) is 39.6. The van der Waals surface area contributed by atoms with Crippen molar-refractivity contribution in [3.05, 3.63) is 106 Å². The molecule has 8 N–H and O–H groups in total. The van der Waals surface area contributed by atoms with Crippen molar-refractivity contribution in [1.82, 2.24) is 15.0 Å². The van der Waals surface area contributed by atoms with E-state index in [0.717, 1.165) is 12.1 Å². The number of azo groups is 2. The molecule has 28 nitrogen and oxygen atoms in total. The van der Waals surface area contributed by atoms with Gasteiger partial charge in [-0.25, -0.2) is 4.79 Å². The summed E-state index contributed by atoms with van der Waals surface area (Å²) in [6, 6.07) is 18.0. The van der Waals surface area contributed by atoms with Gasteiger partial charge in [0.25, 0.3) is 40.5 Å². The molecule has 0 radical (unpaired) electrons. The first-order valence-corrected chi connectivity index (χ1v) is 28.4. The number of anilines is 5. The van der Waals surface area contributed by atoms with Crippen LogP contribution < -0.4 is 34.9 Å². The van der Waals surface area contributed by atoms with Gasteiger partial charge in [0, 0.05) is 18.7 Å². The van der Waals surface area contributed by atoms with Gasteiger partial charge in [0.05, 0.1) is 77.3 Å². The highest BCUT2D eigenvalue weighted by Gasteiger charge is 2.21. The molecule has 6 aromatic rings. The van der Waals surface area contributed by atoms with Crippen LogP contribution in [0.2, 0.25) is 10.0 Å². The molecule has 0 spiro atoms. The normalized spacial score (nSPS) is 12.2. The highest BCUT2D eigenvalue weighted by atomic mass is 35.5. The Labute approximate surface area is 448 Å². The van der Waals surface area contributed by atoms with E-state index in [2.05, 4.69) is 51.4 Å². The van der Waals surface area contributed by atoms with Crippen molar-refractivity contribution < 1.29 is 80.7 Å². The third kappa shape index (κ3) is 17.6. The van der Waals surface area contributed by atoms with E-state index in [0.29, 0.717) is 5.56 Å². The fraction of sp³-hybridized carbons (Fsp3) is 0.209. The molecule has 0 fully saturated rings. The van der Waals surface area contributed by atoms with Crippen molar-refractivity contribution >= 4 is 122 Å². The lowest BCUT2D eigenvalue weighted by Gasteiger charge is -2.17. The van der Waals surface area contributed by atoms with Gasteiger partial charge in [0.15, 0.2) is 0 Å². The standard InChI is InChI=1S/C43H42Cl2N10O18S4/c1-70-34-11-9-26(17-38(34)76(64,65)66)52-54-30-21-36(72-13-3-15-74(58,59)60)32(19-28(30)44)47-42-49-41(46-23-24-5-7-25(8-6-24)40(56)57)50-43(51-42)48-33-20-29(45)31(22-37(33)73-14-4-16-75(61,62)63)55-53-27-10-12-35(71-2)39(18-27)77(67,68)69/h5-12,17-22H,3-4,13-16,23H2,1-2H3,(H,56,57)(H,58,59,60)(H,61,62,63)(H,64,65,66)(H,67,68,69)(H3,46,47,48,49,50,51). The summed E-state index contributed by atoms with van der Waals surface area (Å²) in [6.07, 6.45) is -0.411. The number of hydrogen-bond acceptors (Lipinski definition) is 23. The average molecular weight is 1190 g/mol. The third-order valence-electron chi connectivity index (χ3n) is 9.88. The Kier molecular flexibility index (Phi) is 19.2. The van der Waals surface area contributed by atoms with Crippen LogP contribution in [0.15, 0.2) is 115 Å². The summed E-state index contributed by atoms with van der Waals surface area (Å²) in [7, 11) is -15.9. The number of nitrogens with zero attached hydrogens (tertiary/aromatic N) is 7. The maximum absolute atomic E-state index is 12.0. The molecule has 0 saturated heterocycles. The maximum atomic E-state index is 12.0. The molecule has 0 aliphatic rings. The molecule has 0 unspecified atom stereocenters. The van der Waals surface area contributed by atoms with Crippen molar-refractivity contribution in [2.24, 2.45) is 20.5 Å². The molecule has 0 aliphatic heterocycles. The van der Waals surface area contributed by atoms with Crippen LogP contribution in [0.25, 0.3) is 0 Å². The SMILES string of the molecule is COc1ccc(N=Nc2cc(OCCCS(=O)(=O)O)c(Nc3nc(NCc4ccc(C(=O)O)cc4)nc(Nc4cc(Cl)c(N=Nc5ccc(OC)c(S(=O)(=O)O)c5)cc4OCCCS(=O)(=O)O)n3)cc2Cl)cc1S(=O)(=O)O. The van der Waals surface area contributed by atoms with Crippen LogP contribution in [0.5, 0.6) is 23.0 Å². The van der Waals surface area contributed by atoms with Crippen LogP contribution in [0.4, 0.5) is 52.0 Å². The van der Waals surface area contributed by atoms with Crippen LogP contribution >= 0.6 is 23.2 Å². The third-order valence-corrected chi connectivity index (χ3v) is 13.8. The van der Waals surface area contributed by atoms with Gasteiger partial charge < -0.3 is 40.0 Å². The van der Waals surface area contributed by atoms with E-state index in [-0.39, 0.29) is 123 Å². The highest BCUT2D eigenvalue weighted by Crippen LogP contribution is 2.41. The first kappa shape index (κ1) is 58.9. The number of carboxylic acid groups (broad SMARTS) is 1.